The molecule has 0 aliphatic rings. The normalized spacial score (nSPS) is 11.3. The van der Waals surface area contributed by atoms with Gasteiger partial charge in [-0.05, 0) is 28.8 Å². The van der Waals surface area contributed by atoms with E-state index in [0.29, 0.717) is 23.3 Å². The molecule has 0 aliphatic heterocycles. The maximum Gasteiger partial charge on any atom is 0.164 e. The van der Waals surface area contributed by atoms with Crippen molar-refractivity contribution in [2.75, 3.05) is 0 Å². The van der Waals surface area contributed by atoms with Gasteiger partial charge in [-0.15, -0.1) is 0 Å². The highest BCUT2D eigenvalue weighted by Gasteiger charge is 2.21. The van der Waals surface area contributed by atoms with Gasteiger partial charge in [-0.2, -0.15) is 0 Å². The lowest BCUT2D eigenvalue weighted by molar-refractivity contribution is 1.05. The number of fused-ring (bicyclic) bond motifs is 3. The van der Waals surface area contributed by atoms with Gasteiger partial charge >= 0.3 is 0 Å². The van der Waals surface area contributed by atoms with Gasteiger partial charge in [-0.1, -0.05) is 182 Å². The number of aromatic nitrogens is 6. The molecule has 258 valence electrons. The Morgan fingerprint density at radius 2 is 0.655 bits per heavy atom. The topological polar surface area (TPSA) is 68.9 Å². The minimum absolute atomic E-state index is 0.612. The van der Waals surface area contributed by atoms with Crippen molar-refractivity contribution in [3.8, 4) is 79.3 Å². The summed E-state index contributed by atoms with van der Waals surface area (Å²) < 4.78 is 2.22. The average molecular weight is 705 g/mol. The SMILES string of the molecule is c1ccc(-c2nc(-c3ccccc3)nc(-c3cccc(-c4cccc(-c5nc(-c6ccccc6)n6c(-c7ccccc7)c7ccccc7c6n5)c4)c3)n2)cc1. The van der Waals surface area contributed by atoms with Gasteiger partial charge in [0, 0.05) is 38.6 Å². The summed E-state index contributed by atoms with van der Waals surface area (Å²) in [5, 5.41) is 2.21. The van der Waals surface area contributed by atoms with E-state index in [2.05, 4.69) is 126 Å². The van der Waals surface area contributed by atoms with Crippen LogP contribution in [0.25, 0.3) is 95.7 Å². The van der Waals surface area contributed by atoms with Crippen LogP contribution in [0, 0.1) is 0 Å². The number of nitrogens with zero attached hydrogens (tertiary/aromatic N) is 6. The number of hydrogen-bond acceptors (Lipinski definition) is 5. The molecule has 0 spiro atoms. The van der Waals surface area contributed by atoms with Crippen molar-refractivity contribution in [1.82, 2.24) is 29.3 Å². The van der Waals surface area contributed by atoms with E-state index in [4.69, 9.17) is 24.9 Å². The Morgan fingerprint density at radius 3 is 1.18 bits per heavy atom. The van der Waals surface area contributed by atoms with E-state index in [-0.39, 0.29) is 0 Å². The molecule has 10 rings (SSSR count). The molecule has 0 atom stereocenters. The first kappa shape index (κ1) is 32.1. The van der Waals surface area contributed by atoms with Crippen LogP contribution in [-0.4, -0.2) is 29.3 Å². The summed E-state index contributed by atoms with van der Waals surface area (Å²) in [6, 6.07) is 66.3. The van der Waals surface area contributed by atoms with Crippen molar-refractivity contribution in [3.63, 3.8) is 0 Å². The Morgan fingerprint density at radius 1 is 0.273 bits per heavy atom. The maximum atomic E-state index is 5.32. The van der Waals surface area contributed by atoms with Crippen molar-refractivity contribution in [3.05, 3.63) is 194 Å². The van der Waals surface area contributed by atoms with Gasteiger partial charge in [0.15, 0.2) is 23.3 Å². The highest BCUT2D eigenvalue weighted by Crippen LogP contribution is 2.38. The molecule has 55 heavy (non-hydrogen) atoms. The Hall–Kier alpha value is -7.57. The predicted molar refractivity (Wildman–Crippen MR) is 222 cm³/mol. The molecular formula is C49H32N6. The fourth-order valence-electron chi connectivity index (χ4n) is 7.23. The molecule has 0 unspecified atom stereocenters. The molecule has 0 N–H and O–H groups in total. The lowest BCUT2D eigenvalue weighted by Gasteiger charge is -2.13. The Labute approximate surface area is 318 Å². The average Bonchev–Trinajstić information content (AvgIpc) is 3.61. The molecule has 6 nitrogen and oxygen atoms in total. The largest absolute Gasteiger partial charge is 0.277 e. The van der Waals surface area contributed by atoms with E-state index in [0.717, 1.165) is 72.4 Å². The third kappa shape index (κ3) is 6.02. The van der Waals surface area contributed by atoms with Crippen LogP contribution in [0.2, 0.25) is 0 Å². The van der Waals surface area contributed by atoms with Crippen LogP contribution in [0.5, 0.6) is 0 Å². The van der Waals surface area contributed by atoms with E-state index in [9.17, 15) is 0 Å². The summed E-state index contributed by atoms with van der Waals surface area (Å²) in [5.41, 5.74) is 9.83. The molecule has 3 aromatic heterocycles. The summed E-state index contributed by atoms with van der Waals surface area (Å²) in [6.07, 6.45) is 0. The van der Waals surface area contributed by atoms with Crippen LogP contribution in [0.3, 0.4) is 0 Å². The summed E-state index contributed by atoms with van der Waals surface area (Å²) in [7, 11) is 0. The van der Waals surface area contributed by atoms with Crippen LogP contribution < -0.4 is 0 Å². The monoisotopic (exact) mass is 704 g/mol. The summed E-state index contributed by atoms with van der Waals surface area (Å²) in [4.78, 5) is 25.4. The maximum absolute atomic E-state index is 5.32. The van der Waals surface area contributed by atoms with Gasteiger partial charge < -0.3 is 0 Å². The third-order valence-electron chi connectivity index (χ3n) is 9.85. The third-order valence-corrected chi connectivity index (χ3v) is 9.85. The Balaban J connectivity index is 1.11. The van der Waals surface area contributed by atoms with Crippen LogP contribution in [0.4, 0.5) is 0 Å². The second kappa shape index (κ2) is 13.8. The van der Waals surface area contributed by atoms with E-state index in [1.165, 1.54) is 0 Å². The molecule has 0 radical (unpaired) electrons. The number of rotatable bonds is 7. The van der Waals surface area contributed by atoms with Gasteiger partial charge in [0.2, 0.25) is 0 Å². The van der Waals surface area contributed by atoms with Crippen molar-refractivity contribution < 1.29 is 0 Å². The molecule has 0 saturated heterocycles. The predicted octanol–water partition coefficient (Wildman–Crippen LogP) is 11.7. The van der Waals surface area contributed by atoms with Crippen LogP contribution in [-0.2, 0) is 0 Å². The first-order valence-electron chi connectivity index (χ1n) is 18.3. The molecule has 0 aliphatic carbocycles. The van der Waals surface area contributed by atoms with Crippen LogP contribution in [0.1, 0.15) is 0 Å². The zero-order valence-corrected chi connectivity index (χ0v) is 29.7. The van der Waals surface area contributed by atoms with Gasteiger partial charge in [0.05, 0.1) is 5.69 Å². The molecule has 0 saturated carbocycles. The summed E-state index contributed by atoms with van der Waals surface area (Å²) in [5.74, 6) is 3.37. The summed E-state index contributed by atoms with van der Waals surface area (Å²) in [6.45, 7) is 0. The minimum Gasteiger partial charge on any atom is -0.277 e. The molecule has 0 amide bonds. The summed E-state index contributed by atoms with van der Waals surface area (Å²) >= 11 is 0. The van der Waals surface area contributed by atoms with Crippen molar-refractivity contribution in [1.29, 1.82) is 0 Å². The quantitative estimate of drug-likeness (QED) is 0.165. The lowest BCUT2D eigenvalue weighted by atomic mass is 10.0. The molecule has 0 fully saturated rings. The molecule has 10 aromatic rings. The zero-order chi connectivity index (χ0) is 36.6. The smallest absolute Gasteiger partial charge is 0.164 e. The lowest BCUT2D eigenvalue weighted by Crippen LogP contribution is -2.03. The highest BCUT2D eigenvalue weighted by molar-refractivity contribution is 6.06. The standard InChI is InChI=1S/C49H32N6/c1-5-17-33(18-6-1)43-41-29-13-14-30-42(41)49-54-47(53-48(55(43)49)36-23-11-4-12-24-36)40-28-16-26-38(32-40)37-25-15-27-39(31-37)46-51-44(34-19-7-2-8-20-34)50-45(52-46)35-21-9-3-10-22-35/h1-32H. The van der Waals surface area contributed by atoms with E-state index in [1.54, 1.807) is 0 Å². The molecule has 3 heterocycles. The van der Waals surface area contributed by atoms with Gasteiger partial charge in [-0.25, -0.2) is 24.9 Å². The first-order chi connectivity index (χ1) is 27.3. The Kier molecular flexibility index (Phi) is 8.04. The van der Waals surface area contributed by atoms with Crippen LogP contribution >= 0.6 is 0 Å². The molecular weight excluding hydrogens is 673 g/mol. The van der Waals surface area contributed by atoms with Gasteiger partial charge in [0.1, 0.15) is 11.5 Å². The molecule has 6 heteroatoms. The van der Waals surface area contributed by atoms with E-state index >= 15 is 0 Å². The first-order valence-corrected chi connectivity index (χ1v) is 18.3. The number of hydrogen-bond donors (Lipinski definition) is 0. The van der Waals surface area contributed by atoms with Crippen molar-refractivity contribution in [2.24, 2.45) is 0 Å². The Bertz CT molecular complexity index is 2900. The zero-order valence-electron chi connectivity index (χ0n) is 29.7. The second-order valence-corrected chi connectivity index (χ2v) is 13.4. The fraction of sp³-hybridized carbons (Fsp3) is 0. The van der Waals surface area contributed by atoms with Gasteiger partial charge in [-0.3, -0.25) is 4.40 Å². The molecule has 0 bridgehead atoms. The van der Waals surface area contributed by atoms with Crippen molar-refractivity contribution >= 4 is 16.4 Å². The van der Waals surface area contributed by atoms with Crippen LogP contribution in [0.15, 0.2) is 194 Å². The fourth-order valence-corrected chi connectivity index (χ4v) is 7.23. The van der Waals surface area contributed by atoms with Crippen molar-refractivity contribution in [2.45, 2.75) is 0 Å². The van der Waals surface area contributed by atoms with E-state index in [1.807, 2.05) is 72.8 Å². The van der Waals surface area contributed by atoms with E-state index < -0.39 is 0 Å². The number of benzene rings is 7. The molecule has 7 aromatic carbocycles. The highest BCUT2D eigenvalue weighted by atomic mass is 15.1. The minimum atomic E-state index is 0.612. The van der Waals surface area contributed by atoms with Gasteiger partial charge in [0.25, 0.3) is 0 Å². The second-order valence-electron chi connectivity index (χ2n) is 13.4.